The van der Waals surface area contributed by atoms with Crippen molar-refractivity contribution in [2.24, 2.45) is 0 Å². The first-order chi connectivity index (χ1) is 15.0. The summed E-state index contributed by atoms with van der Waals surface area (Å²) in [4.78, 5) is 8.89. The van der Waals surface area contributed by atoms with Crippen LogP contribution < -0.4 is 0 Å². The van der Waals surface area contributed by atoms with Crippen molar-refractivity contribution in [1.29, 1.82) is 0 Å². The SMILES string of the molecule is FC(F)(F)c1ccc(-c2nnc(-c3ccccn3)nc2SCCc2ccccc2)cc1. The van der Waals surface area contributed by atoms with E-state index >= 15 is 0 Å². The summed E-state index contributed by atoms with van der Waals surface area (Å²) >= 11 is 1.49. The van der Waals surface area contributed by atoms with E-state index in [1.807, 2.05) is 24.3 Å². The summed E-state index contributed by atoms with van der Waals surface area (Å²) in [5.74, 6) is 1.11. The van der Waals surface area contributed by atoms with Gasteiger partial charge >= 0.3 is 6.18 Å². The molecule has 4 rings (SSSR count). The van der Waals surface area contributed by atoms with Crippen LogP contribution in [0.1, 0.15) is 11.1 Å². The van der Waals surface area contributed by atoms with E-state index in [1.54, 1.807) is 18.3 Å². The van der Waals surface area contributed by atoms with Crippen molar-refractivity contribution in [3.05, 3.63) is 90.1 Å². The molecular formula is C23H17F3N4S. The largest absolute Gasteiger partial charge is 0.416 e. The molecule has 2 aromatic carbocycles. The first-order valence-corrected chi connectivity index (χ1v) is 10.5. The second kappa shape index (κ2) is 9.26. The Labute approximate surface area is 181 Å². The number of nitrogens with zero attached hydrogens (tertiary/aromatic N) is 4. The zero-order valence-corrected chi connectivity index (χ0v) is 17.1. The van der Waals surface area contributed by atoms with E-state index in [4.69, 9.17) is 0 Å². The van der Waals surface area contributed by atoms with Gasteiger partial charge in [0, 0.05) is 17.5 Å². The van der Waals surface area contributed by atoms with Gasteiger partial charge in [-0.1, -0.05) is 48.5 Å². The summed E-state index contributed by atoms with van der Waals surface area (Å²) in [6.45, 7) is 0. The number of halogens is 3. The summed E-state index contributed by atoms with van der Waals surface area (Å²) < 4.78 is 38.8. The molecule has 0 bridgehead atoms. The lowest BCUT2D eigenvalue weighted by Crippen LogP contribution is -2.05. The van der Waals surface area contributed by atoms with E-state index in [0.29, 0.717) is 27.8 Å². The van der Waals surface area contributed by atoms with Crippen LogP contribution in [0, 0.1) is 0 Å². The van der Waals surface area contributed by atoms with Crippen LogP contribution in [-0.2, 0) is 12.6 Å². The maximum Gasteiger partial charge on any atom is 0.416 e. The standard InChI is InChI=1S/C23H17F3N4S/c24-23(25,26)18-11-9-17(10-12-18)20-22(31-15-13-16-6-2-1-3-7-16)28-21(30-29-20)19-8-4-5-14-27-19/h1-12,14H,13,15H2. The number of hydrogen-bond acceptors (Lipinski definition) is 5. The molecule has 0 atom stereocenters. The number of rotatable bonds is 6. The highest BCUT2D eigenvalue weighted by molar-refractivity contribution is 7.99. The zero-order chi connectivity index (χ0) is 21.7. The van der Waals surface area contributed by atoms with Gasteiger partial charge in [0.25, 0.3) is 0 Å². The van der Waals surface area contributed by atoms with Gasteiger partial charge in [0.15, 0.2) is 0 Å². The molecule has 0 aliphatic carbocycles. The molecule has 2 aromatic heterocycles. The van der Waals surface area contributed by atoms with Crippen molar-refractivity contribution in [2.45, 2.75) is 17.6 Å². The smallest absolute Gasteiger partial charge is 0.253 e. The Bertz CT molecular complexity index is 1140. The van der Waals surface area contributed by atoms with Crippen LogP contribution in [0.5, 0.6) is 0 Å². The molecule has 0 saturated carbocycles. The Hall–Kier alpha value is -3.26. The van der Waals surface area contributed by atoms with Gasteiger partial charge in [0.2, 0.25) is 5.82 Å². The minimum absolute atomic E-state index is 0.374. The third-order valence-electron chi connectivity index (χ3n) is 4.51. The van der Waals surface area contributed by atoms with Crippen molar-refractivity contribution < 1.29 is 13.2 Å². The second-order valence-electron chi connectivity index (χ2n) is 6.66. The molecule has 0 N–H and O–H groups in total. The fourth-order valence-electron chi connectivity index (χ4n) is 2.92. The normalized spacial score (nSPS) is 11.5. The molecule has 156 valence electrons. The highest BCUT2D eigenvalue weighted by atomic mass is 32.2. The number of hydrogen-bond donors (Lipinski definition) is 0. The second-order valence-corrected chi connectivity index (χ2v) is 7.75. The van der Waals surface area contributed by atoms with Gasteiger partial charge in [-0.15, -0.1) is 22.0 Å². The van der Waals surface area contributed by atoms with Gasteiger partial charge in [-0.3, -0.25) is 4.98 Å². The minimum atomic E-state index is -4.39. The Morgan fingerprint density at radius 2 is 1.55 bits per heavy atom. The predicted octanol–water partition coefficient (Wildman–Crippen LogP) is 5.95. The lowest BCUT2D eigenvalue weighted by atomic mass is 10.1. The van der Waals surface area contributed by atoms with E-state index in [0.717, 1.165) is 24.3 Å². The quantitative estimate of drug-likeness (QED) is 0.348. The average molecular weight is 438 g/mol. The molecule has 0 aliphatic heterocycles. The third kappa shape index (κ3) is 5.27. The maximum atomic E-state index is 12.9. The molecule has 4 nitrogen and oxygen atoms in total. The first-order valence-electron chi connectivity index (χ1n) is 9.51. The van der Waals surface area contributed by atoms with Gasteiger partial charge < -0.3 is 0 Å². The maximum absolute atomic E-state index is 12.9. The fourth-order valence-corrected chi connectivity index (χ4v) is 3.90. The predicted molar refractivity (Wildman–Crippen MR) is 114 cm³/mol. The highest BCUT2D eigenvalue weighted by Crippen LogP contribution is 2.33. The third-order valence-corrected chi connectivity index (χ3v) is 5.47. The number of pyridine rings is 1. The van der Waals surface area contributed by atoms with E-state index < -0.39 is 11.7 Å². The molecule has 0 radical (unpaired) electrons. The summed E-state index contributed by atoms with van der Waals surface area (Å²) in [5, 5.41) is 9.06. The van der Waals surface area contributed by atoms with Gasteiger partial charge in [-0.05, 0) is 36.2 Å². The van der Waals surface area contributed by atoms with Crippen LogP contribution >= 0.6 is 11.8 Å². The van der Waals surface area contributed by atoms with Crippen LogP contribution in [0.25, 0.3) is 22.8 Å². The molecule has 0 unspecified atom stereocenters. The van der Waals surface area contributed by atoms with Crippen LogP contribution in [0.2, 0.25) is 0 Å². The van der Waals surface area contributed by atoms with Crippen LogP contribution in [0.4, 0.5) is 13.2 Å². The van der Waals surface area contributed by atoms with Gasteiger partial charge in [0.1, 0.15) is 16.4 Å². The number of thioether (sulfide) groups is 1. The number of benzene rings is 2. The molecule has 0 aliphatic rings. The summed E-state index contributed by atoms with van der Waals surface area (Å²) in [6, 6.07) is 20.3. The fraction of sp³-hybridized carbons (Fsp3) is 0.130. The van der Waals surface area contributed by atoms with Crippen LogP contribution in [-0.4, -0.2) is 25.9 Å². The summed E-state index contributed by atoms with van der Waals surface area (Å²) in [5.41, 5.74) is 2.05. The van der Waals surface area contributed by atoms with E-state index in [1.165, 1.54) is 29.5 Å². The molecule has 31 heavy (non-hydrogen) atoms. The van der Waals surface area contributed by atoms with Crippen LogP contribution in [0.3, 0.4) is 0 Å². The summed E-state index contributed by atoms with van der Waals surface area (Å²) in [6.07, 6.45) is -1.93. The topological polar surface area (TPSA) is 51.6 Å². The lowest BCUT2D eigenvalue weighted by Gasteiger charge is -2.10. The van der Waals surface area contributed by atoms with E-state index in [9.17, 15) is 13.2 Å². The number of aromatic nitrogens is 4. The lowest BCUT2D eigenvalue weighted by molar-refractivity contribution is -0.137. The molecule has 0 spiro atoms. The highest BCUT2D eigenvalue weighted by Gasteiger charge is 2.30. The minimum Gasteiger partial charge on any atom is -0.253 e. The Balaban J connectivity index is 1.64. The van der Waals surface area contributed by atoms with E-state index in [-0.39, 0.29) is 0 Å². The van der Waals surface area contributed by atoms with Crippen molar-refractivity contribution in [1.82, 2.24) is 20.2 Å². The van der Waals surface area contributed by atoms with Crippen LogP contribution in [0.15, 0.2) is 84.0 Å². The molecule has 2 heterocycles. The summed E-state index contributed by atoms with van der Waals surface area (Å²) in [7, 11) is 0. The van der Waals surface area contributed by atoms with Crippen molar-refractivity contribution in [3.63, 3.8) is 0 Å². The van der Waals surface area contributed by atoms with E-state index in [2.05, 4.69) is 32.3 Å². The Kier molecular flexibility index (Phi) is 6.27. The van der Waals surface area contributed by atoms with Gasteiger partial charge in [-0.25, -0.2) is 4.98 Å². The molecule has 0 saturated heterocycles. The monoisotopic (exact) mass is 438 g/mol. The number of aryl methyl sites for hydroxylation is 1. The van der Waals surface area contributed by atoms with Crippen molar-refractivity contribution in [3.8, 4) is 22.8 Å². The zero-order valence-electron chi connectivity index (χ0n) is 16.3. The Morgan fingerprint density at radius 3 is 2.23 bits per heavy atom. The first kappa shape index (κ1) is 21.0. The molecule has 0 fully saturated rings. The van der Waals surface area contributed by atoms with Gasteiger partial charge in [-0.2, -0.15) is 13.2 Å². The van der Waals surface area contributed by atoms with Gasteiger partial charge in [0.05, 0.1) is 5.56 Å². The number of alkyl halides is 3. The molecule has 8 heteroatoms. The molecule has 0 amide bonds. The van der Waals surface area contributed by atoms with Crippen molar-refractivity contribution in [2.75, 3.05) is 5.75 Å². The Morgan fingerprint density at radius 1 is 0.806 bits per heavy atom. The molecular weight excluding hydrogens is 421 g/mol. The van der Waals surface area contributed by atoms with Crippen molar-refractivity contribution >= 4 is 11.8 Å². The average Bonchev–Trinajstić information content (AvgIpc) is 2.80. The molecule has 4 aromatic rings.